The van der Waals surface area contributed by atoms with Gasteiger partial charge in [-0.15, -0.1) is 0 Å². The van der Waals surface area contributed by atoms with Crippen LogP contribution < -0.4 is 5.32 Å². The van der Waals surface area contributed by atoms with Gasteiger partial charge < -0.3 is 5.32 Å². The maximum absolute atomic E-state index is 13.5. The van der Waals surface area contributed by atoms with Crippen molar-refractivity contribution < 1.29 is 13.6 Å². The smallest absolute Gasteiger partial charge is 0.262 e. The number of nitrogens with one attached hydrogen (secondary N) is 1. The average molecular weight is 297 g/mol. The molecule has 0 unspecified atom stereocenters. The molecule has 0 saturated heterocycles. The lowest BCUT2D eigenvalue weighted by atomic mass is 10.1. The molecule has 1 N–H and O–H groups in total. The first-order valence-electron chi connectivity index (χ1n) is 6.11. The molecule has 0 radical (unpaired) electrons. The summed E-state index contributed by atoms with van der Waals surface area (Å²) in [6.45, 7) is 10.9. The van der Waals surface area contributed by atoms with Crippen molar-refractivity contribution in [2.75, 3.05) is 0 Å². The third kappa shape index (κ3) is 4.20. The molecule has 0 saturated carbocycles. The highest BCUT2D eigenvalue weighted by atomic mass is 32.2. The van der Waals surface area contributed by atoms with Crippen LogP contribution in [-0.2, 0) is 4.79 Å². The number of rotatable bonds is 5. The van der Waals surface area contributed by atoms with E-state index in [1.807, 2.05) is 0 Å². The second-order valence-corrected chi connectivity index (χ2v) is 5.42. The molecule has 0 aromatic rings. The number of hydrogen-bond donors (Lipinski definition) is 1. The molecule has 1 rings (SSSR count). The van der Waals surface area contributed by atoms with Gasteiger partial charge in [0.15, 0.2) is 0 Å². The van der Waals surface area contributed by atoms with Gasteiger partial charge in [0, 0.05) is 11.3 Å². The van der Waals surface area contributed by atoms with E-state index in [0.29, 0.717) is 16.2 Å². The van der Waals surface area contributed by atoms with Gasteiger partial charge in [0.1, 0.15) is 17.4 Å². The van der Waals surface area contributed by atoms with Crippen molar-refractivity contribution in [2.24, 2.45) is 0 Å². The number of allylic oxidation sites excluding steroid dienone is 5. The van der Waals surface area contributed by atoms with Gasteiger partial charge in [0.25, 0.3) is 5.91 Å². The van der Waals surface area contributed by atoms with Crippen LogP contribution in [0.4, 0.5) is 8.78 Å². The largest absolute Gasteiger partial charge is 0.317 e. The van der Waals surface area contributed by atoms with Gasteiger partial charge in [-0.1, -0.05) is 31.0 Å². The standard InChI is InChI=1S/C15H17F2NOS/c1-5-13(20-10(4)9(2)3)15(19)18-14-11(16)7-6-8-12(14)17/h5,7H,2,4,6,8H2,1,3H3,(H,18,19)/b13-5-. The minimum atomic E-state index is -0.735. The Labute approximate surface area is 122 Å². The summed E-state index contributed by atoms with van der Waals surface area (Å²) in [6, 6.07) is 0. The molecular formula is C15H17F2NOS. The zero-order valence-electron chi connectivity index (χ0n) is 11.6. The Kier molecular flexibility index (Phi) is 5.95. The second-order valence-electron chi connectivity index (χ2n) is 4.28. The Balaban J connectivity index is 2.82. The molecular weight excluding hydrogens is 280 g/mol. The quantitative estimate of drug-likeness (QED) is 0.591. The minimum absolute atomic E-state index is 0.0970. The molecule has 1 amide bonds. The molecule has 0 aromatic heterocycles. The van der Waals surface area contributed by atoms with E-state index in [0.717, 1.165) is 17.3 Å². The Morgan fingerprint density at radius 2 is 2.10 bits per heavy atom. The predicted molar refractivity (Wildman–Crippen MR) is 80.0 cm³/mol. The lowest BCUT2D eigenvalue weighted by Crippen LogP contribution is -2.25. The number of thioether (sulfide) groups is 1. The molecule has 1 aliphatic rings. The van der Waals surface area contributed by atoms with E-state index in [4.69, 9.17) is 0 Å². The third-order valence-corrected chi connectivity index (χ3v) is 3.87. The van der Waals surface area contributed by atoms with Crippen LogP contribution in [0.5, 0.6) is 0 Å². The molecule has 108 valence electrons. The SMILES string of the molecule is C=C(C)C(=C)S/C(=C\C)C(=O)NC1=C(F)CCC=C1F. The fraction of sp³-hybridized carbons (Fsp3) is 0.267. The van der Waals surface area contributed by atoms with Crippen molar-refractivity contribution in [3.63, 3.8) is 0 Å². The molecule has 1 aliphatic carbocycles. The van der Waals surface area contributed by atoms with Crippen LogP contribution in [0.2, 0.25) is 0 Å². The first kappa shape index (κ1) is 16.4. The molecule has 5 heteroatoms. The van der Waals surface area contributed by atoms with E-state index < -0.39 is 17.6 Å². The van der Waals surface area contributed by atoms with E-state index >= 15 is 0 Å². The Morgan fingerprint density at radius 1 is 1.45 bits per heavy atom. The molecule has 0 aromatic carbocycles. The number of carbonyl (C=O) groups is 1. The molecule has 0 aliphatic heterocycles. The monoisotopic (exact) mass is 297 g/mol. The van der Waals surface area contributed by atoms with Crippen molar-refractivity contribution >= 4 is 17.7 Å². The van der Waals surface area contributed by atoms with Crippen LogP contribution in [0.25, 0.3) is 0 Å². The Bertz CT molecular complexity index is 544. The molecule has 2 nitrogen and oxygen atoms in total. The Hall–Kier alpha value is -1.62. The molecule has 0 atom stereocenters. The first-order valence-corrected chi connectivity index (χ1v) is 6.93. The highest BCUT2D eigenvalue weighted by Gasteiger charge is 2.20. The molecule has 0 heterocycles. The van der Waals surface area contributed by atoms with E-state index in [-0.39, 0.29) is 12.1 Å². The number of amides is 1. The minimum Gasteiger partial charge on any atom is -0.317 e. The predicted octanol–water partition coefficient (Wildman–Crippen LogP) is 4.66. The van der Waals surface area contributed by atoms with Crippen LogP contribution >= 0.6 is 11.8 Å². The van der Waals surface area contributed by atoms with Gasteiger partial charge >= 0.3 is 0 Å². The van der Waals surface area contributed by atoms with Crippen molar-refractivity contribution in [1.29, 1.82) is 0 Å². The van der Waals surface area contributed by atoms with Crippen molar-refractivity contribution in [1.82, 2.24) is 5.32 Å². The normalized spacial score (nSPS) is 15.8. The topological polar surface area (TPSA) is 29.1 Å². The molecule has 0 fully saturated rings. The van der Waals surface area contributed by atoms with E-state index in [1.54, 1.807) is 19.9 Å². The number of halogens is 2. The van der Waals surface area contributed by atoms with Gasteiger partial charge in [-0.3, -0.25) is 4.79 Å². The summed E-state index contributed by atoms with van der Waals surface area (Å²) in [4.78, 5) is 13.0. The highest BCUT2D eigenvalue weighted by Crippen LogP contribution is 2.30. The second kappa shape index (κ2) is 7.24. The van der Waals surface area contributed by atoms with Crippen LogP contribution in [-0.4, -0.2) is 5.91 Å². The maximum Gasteiger partial charge on any atom is 0.262 e. The fourth-order valence-electron chi connectivity index (χ4n) is 1.44. The maximum atomic E-state index is 13.5. The summed E-state index contributed by atoms with van der Waals surface area (Å²) >= 11 is 1.12. The van der Waals surface area contributed by atoms with Gasteiger partial charge in [-0.2, -0.15) is 0 Å². The van der Waals surface area contributed by atoms with E-state index in [1.165, 1.54) is 6.08 Å². The van der Waals surface area contributed by atoms with Gasteiger partial charge in [-0.05, 0) is 31.9 Å². The van der Waals surface area contributed by atoms with E-state index in [2.05, 4.69) is 18.5 Å². The van der Waals surface area contributed by atoms with Crippen LogP contribution in [0.3, 0.4) is 0 Å². The van der Waals surface area contributed by atoms with Crippen LogP contribution in [0.1, 0.15) is 26.7 Å². The third-order valence-electron chi connectivity index (χ3n) is 2.63. The van der Waals surface area contributed by atoms with Gasteiger partial charge in [0.2, 0.25) is 0 Å². The zero-order chi connectivity index (χ0) is 15.3. The van der Waals surface area contributed by atoms with Crippen LogP contribution in [0, 0.1) is 0 Å². The lowest BCUT2D eigenvalue weighted by Gasteiger charge is -2.15. The summed E-state index contributed by atoms with van der Waals surface area (Å²) < 4.78 is 27.1. The molecule has 20 heavy (non-hydrogen) atoms. The highest BCUT2D eigenvalue weighted by molar-refractivity contribution is 8.07. The number of hydrogen-bond acceptors (Lipinski definition) is 2. The summed E-state index contributed by atoms with van der Waals surface area (Å²) in [5.41, 5.74) is 0.360. The van der Waals surface area contributed by atoms with Crippen molar-refractivity contribution in [3.8, 4) is 0 Å². The molecule has 0 bridgehead atoms. The van der Waals surface area contributed by atoms with Gasteiger partial charge in [0.05, 0.1) is 4.91 Å². The van der Waals surface area contributed by atoms with Gasteiger partial charge in [-0.25, -0.2) is 8.78 Å². The van der Waals surface area contributed by atoms with Crippen LogP contribution in [0.15, 0.2) is 58.0 Å². The molecule has 0 spiro atoms. The first-order chi connectivity index (χ1) is 9.36. The number of carbonyl (C=O) groups excluding carboxylic acids is 1. The summed E-state index contributed by atoms with van der Waals surface area (Å²) in [7, 11) is 0. The average Bonchev–Trinajstić information content (AvgIpc) is 2.39. The fourth-order valence-corrected chi connectivity index (χ4v) is 2.14. The summed E-state index contributed by atoms with van der Waals surface area (Å²) in [5, 5.41) is 2.28. The van der Waals surface area contributed by atoms with Crippen molar-refractivity contribution in [3.05, 3.63) is 58.0 Å². The summed E-state index contributed by atoms with van der Waals surface area (Å²) in [5.74, 6) is -1.94. The Morgan fingerprint density at radius 3 is 2.60 bits per heavy atom. The van der Waals surface area contributed by atoms with Crippen molar-refractivity contribution in [2.45, 2.75) is 26.7 Å². The van der Waals surface area contributed by atoms with E-state index in [9.17, 15) is 13.6 Å². The zero-order valence-corrected chi connectivity index (χ0v) is 12.4. The lowest BCUT2D eigenvalue weighted by molar-refractivity contribution is -0.116. The summed E-state index contributed by atoms with van der Waals surface area (Å²) in [6.07, 6.45) is 3.22.